The summed E-state index contributed by atoms with van der Waals surface area (Å²) in [6.07, 6.45) is 2.06. The predicted octanol–water partition coefficient (Wildman–Crippen LogP) is 2.04. The number of halogens is 1. The monoisotopic (exact) mass is 434 g/mol. The summed E-state index contributed by atoms with van der Waals surface area (Å²) in [5, 5.41) is 18.4. The third-order valence-corrected chi connectivity index (χ3v) is 4.85. The van der Waals surface area contributed by atoms with E-state index in [1.54, 1.807) is 18.2 Å². The van der Waals surface area contributed by atoms with Gasteiger partial charge in [-0.1, -0.05) is 22.0 Å². The Kier molecular flexibility index (Phi) is 6.08. The highest BCUT2D eigenvalue weighted by atomic mass is 79.9. The average molecular weight is 435 g/mol. The highest BCUT2D eigenvalue weighted by Gasteiger charge is 2.15. The fourth-order valence-electron chi connectivity index (χ4n) is 2.23. The second kappa shape index (κ2) is 8.68. The summed E-state index contributed by atoms with van der Waals surface area (Å²) in [5.74, 6) is -0.333. The Morgan fingerprint density at radius 2 is 1.96 bits per heavy atom. The molecule has 0 unspecified atom stereocenters. The van der Waals surface area contributed by atoms with Gasteiger partial charge in [-0.2, -0.15) is 4.68 Å². The summed E-state index contributed by atoms with van der Waals surface area (Å²) in [6.45, 7) is 0.917. The van der Waals surface area contributed by atoms with Gasteiger partial charge in [0.15, 0.2) is 0 Å². The first-order valence-electron chi connectivity index (χ1n) is 7.78. The Balaban J connectivity index is 1.44. The highest BCUT2D eigenvalue weighted by Crippen LogP contribution is 2.19. The standard InChI is InChI=1S/C16H15BrN6O2S/c17-12-4-1-3-11(9-12)15(24)18-6-2-7-19-16(25)14-13(5-8-26-14)23-10-20-21-22-23/h1,3-5,8-10H,2,6-7H2,(H,18,24)(H,19,25). The van der Waals surface area contributed by atoms with Gasteiger partial charge in [0.1, 0.15) is 11.2 Å². The SMILES string of the molecule is O=C(NCCCNC(=O)c1sccc1-n1cnnn1)c1cccc(Br)c1. The van der Waals surface area contributed by atoms with E-state index in [-0.39, 0.29) is 11.8 Å². The van der Waals surface area contributed by atoms with Gasteiger partial charge >= 0.3 is 0 Å². The zero-order valence-electron chi connectivity index (χ0n) is 13.6. The van der Waals surface area contributed by atoms with E-state index in [0.717, 1.165) is 4.47 Å². The molecule has 3 aromatic rings. The van der Waals surface area contributed by atoms with Crippen LogP contribution in [0.15, 0.2) is 46.5 Å². The molecule has 0 aliphatic carbocycles. The van der Waals surface area contributed by atoms with Crippen LogP contribution in [0.25, 0.3) is 5.69 Å². The van der Waals surface area contributed by atoms with Crippen molar-refractivity contribution >= 4 is 39.1 Å². The second-order valence-electron chi connectivity index (χ2n) is 5.27. The lowest BCUT2D eigenvalue weighted by Crippen LogP contribution is -2.30. The number of amides is 2. The molecule has 0 saturated carbocycles. The first-order chi connectivity index (χ1) is 12.6. The third kappa shape index (κ3) is 4.52. The van der Waals surface area contributed by atoms with Crippen molar-refractivity contribution in [3.05, 3.63) is 57.0 Å². The minimum Gasteiger partial charge on any atom is -0.352 e. The number of rotatable bonds is 7. The van der Waals surface area contributed by atoms with Crippen molar-refractivity contribution in [2.24, 2.45) is 0 Å². The Hall–Kier alpha value is -2.59. The lowest BCUT2D eigenvalue weighted by molar-refractivity contribution is 0.0953. The van der Waals surface area contributed by atoms with Crippen LogP contribution in [0.3, 0.4) is 0 Å². The number of nitrogens with one attached hydrogen (secondary N) is 2. The van der Waals surface area contributed by atoms with Gasteiger partial charge in [0, 0.05) is 23.1 Å². The maximum Gasteiger partial charge on any atom is 0.263 e. The number of carbonyl (C=O) groups is 2. The van der Waals surface area contributed by atoms with Crippen LogP contribution in [0, 0.1) is 0 Å². The van der Waals surface area contributed by atoms with Gasteiger partial charge in [-0.15, -0.1) is 16.4 Å². The molecule has 0 spiro atoms. The quantitative estimate of drug-likeness (QED) is 0.553. The molecule has 0 saturated heterocycles. The highest BCUT2D eigenvalue weighted by molar-refractivity contribution is 9.10. The van der Waals surface area contributed by atoms with Gasteiger partial charge in [0.05, 0.1) is 5.69 Å². The molecule has 0 bridgehead atoms. The Morgan fingerprint density at radius 3 is 2.69 bits per heavy atom. The zero-order chi connectivity index (χ0) is 18.4. The molecule has 2 aromatic heterocycles. The summed E-state index contributed by atoms with van der Waals surface area (Å²) in [6, 6.07) is 8.96. The van der Waals surface area contributed by atoms with Crippen molar-refractivity contribution in [1.29, 1.82) is 0 Å². The van der Waals surface area contributed by atoms with E-state index < -0.39 is 0 Å². The van der Waals surface area contributed by atoms with E-state index in [4.69, 9.17) is 0 Å². The van der Waals surface area contributed by atoms with Gasteiger partial charge in [-0.3, -0.25) is 9.59 Å². The molecule has 1 aromatic carbocycles. The molecule has 0 aliphatic heterocycles. The minimum atomic E-state index is -0.191. The molecule has 3 rings (SSSR count). The van der Waals surface area contributed by atoms with Crippen LogP contribution in [0.1, 0.15) is 26.5 Å². The Bertz CT molecular complexity index is 896. The van der Waals surface area contributed by atoms with Crippen molar-refractivity contribution in [3.8, 4) is 5.69 Å². The summed E-state index contributed by atoms with van der Waals surface area (Å²) >= 11 is 4.66. The molecule has 8 nitrogen and oxygen atoms in total. The van der Waals surface area contributed by atoms with E-state index >= 15 is 0 Å². The topological polar surface area (TPSA) is 102 Å². The van der Waals surface area contributed by atoms with E-state index in [2.05, 4.69) is 42.1 Å². The maximum atomic E-state index is 12.3. The molecule has 0 radical (unpaired) electrons. The van der Waals surface area contributed by atoms with Crippen molar-refractivity contribution in [1.82, 2.24) is 30.8 Å². The van der Waals surface area contributed by atoms with Crippen LogP contribution in [-0.4, -0.2) is 45.1 Å². The first kappa shape index (κ1) is 18.2. The molecule has 2 N–H and O–H groups in total. The zero-order valence-corrected chi connectivity index (χ0v) is 16.0. The molecule has 10 heteroatoms. The lowest BCUT2D eigenvalue weighted by atomic mass is 10.2. The maximum absolute atomic E-state index is 12.3. The van der Waals surface area contributed by atoms with Crippen molar-refractivity contribution < 1.29 is 9.59 Å². The van der Waals surface area contributed by atoms with E-state index in [0.29, 0.717) is 35.6 Å². The molecule has 0 fully saturated rings. The molecule has 0 atom stereocenters. The smallest absolute Gasteiger partial charge is 0.263 e. The Morgan fingerprint density at radius 1 is 1.15 bits per heavy atom. The predicted molar refractivity (Wildman–Crippen MR) is 100 cm³/mol. The van der Waals surface area contributed by atoms with Crippen LogP contribution in [0.4, 0.5) is 0 Å². The van der Waals surface area contributed by atoms with Crippen molar-refractivity contribution in [2.75, 3.05) is 13.1 Å². The van der Waals surface area contributed by atoms with Gasteiger partial charge in [0.25, 0.3) is 11.8 Å². The molecule has 2 amide bonds. The molecule has 134 valence electrons. The van der Waals surface area contributed by atoms with Crippen LogP contribution in [0.2, 0.25) is 0 Å². The number of thiophene rings is 1. The number of aromatic nitrogens is 4. The normalized spacial score (nSPS) is 10.5. The summed E-state index contributed by atoms with van der Waals surface area (Å²) in [5.41, 5.74) is 1.23. The van der Waals surface area contributed by atoms with E-state index in [1.165, 1.54) is 22.3 Å². The molecule has 2 heterocycles. The molecular formula is C16H15BrN6O2S. The number of nitrogens with zero attached hydrogens (tertiary/aromatic N) is 4. The van der Waals surface area contributed by atoms with Crippen LogP contribution in [0.5, 0.6) is 0 Å². The van der Waals surface area contributed by atoms with Crippen LogP contribution >= 0.6 is 27.3 Å². The number of hydrogen-bond acceptors (Lipinski definition) is 6. The second-order valence-corrected chi connectivity index (χ2v) is 7.10. The van der Waals surface area contributed by atoms with Gasteiger partial charge in [0.2, 0.25) is 0 Å². The van der Waals surface area contributed by atoms with Crippen molar-refractivity contribution in [2.45, 2.75) is 6.42 Å². The number of hydrogen-bond donors (Lipinski definition) is 2. The number of carbonyl (C=O) groups excluding carboxylic acids is 2. The van der Waals surface area contributed by atoms with E-state index in [1.807, 2.05) is 17.5 Å². The summed E-state index contributed by atoms with van der Waals surface area (Å²) in [4.78, 5) is 24.9. The fourth-order valence-corrected chi connectivity index (χ4v) is 3.42. The average Bonchev–Trinajstić information content (AvgIpc) is 3.32. The number of benzene rings is 1. The van der Waals surface area contributed by atoms with Crippen LogP contribution < -0.4 is 10.6 Å². The third-order valence-electron chi connectivity index (χ3n) is 3.46. The minimum absolute atomic E-state index is 0.142. The van der Waals surface area contributed by atoms with Gasteiger partial charge < -0.3 is 10.6 Å². The summed E-state index contributed by atoms with van der Waals surface area (Å²) < 4.78 is 2.30. The van der Waals surface area contributed by atoms with Gasteiger partial charge in [-0.25, -0.2) is 0 Å². The summed E-state index contributed by atoms with van der Waals surface area (Å²) in [7, 11) is 0. The number of tetrazole rings is 1. The van der Waals surface area contributed by atoms with Crippen molar-refractivity contribution in [3.63, 3.8) is 0 Å². The van der Waals surface area contributed by atoms with E-state index in [9.17, 15) is 9.59 Å². The van der Waals surface area contributed by atoms with Gasteiger partial charge in [-0.05, 0) is 46.5 Å². The first-order valence-corrected chi connectivity index (χ1v) is 9.45. The molecular weight excluding hydrogens is 420 g/mol. The van der Waals surface area contributed by atoms with Crippen LogP contribution in [-0.2, 0) is 0 Å². The molecule has 0 aliphatic rings. The largest absolute Gasteiger partial charge is 0.352 e. The Labute approximate surface area is 161 Å². The fraction of sp³-hybridized carbons (Fsp3) is 0.188. The lowest BCUT2D eigenvalue weighted by Gasteiger charge is -2.07. The molecule has 26 heavy (non-hydrogen) atoms.